The molecule has 0 bridgehead atoms. The van der Waals surface area contributed by atoms with Crippen LogP contribution < -0.4 is 4.90 Å². The van der Waals surface area contributed by atoms with E-state index in [4.69, 9.17) is 0 Å². The number of anilines is 1. The van der Waals surface area contributed by atoms with Gasteiger partial charge in [0, 0.05) is 56.6 Å². The van der Waals surface area contributed by atoms with Crippen LogP contribution in [0.25, 0.3) is 5.78 Å². The molecular formula is C24H31N7O3S. The fourth-order valence-corrected chi connectivity index (χ4v) is 6.45. The highest BCUT2D eigenvalue weighted by molar-refractivity contribution is 7.89. The molecule has 1 saturated heterocycles. The molecule has 5 rings (SSSR count). The Labute approximate surface area is 205 Å². The highest BCUT2D eigenvalue weighted by atomic mass is 32.2. The molecule has 3 heterocycles. The monoisotopic (exact) mass is 497 g/mol. The van der Waals surface area contributed by atoms with Crippen molar-refractivity contribution in [2.75, 3.05) is 38.1 Å². The van der Waals surface area contributed by atoms with E-state index in [0.717, 1.165) is 37.2 Å². The summed E-state index contributed by atoms with van der Waals surface area (Å²) in [6, 6.07) is 8.39. The first-order valence-corrected chi connectivity index (χ1v) is 13.6. The molecule has 0 spiro atoms. The molecule has 186 valence electrons. The molecule has 1 saturated carbocycles. The second kappa shape index (κ2) is 9.54. The molecule has 1 aliphatic carbocycles. The van der Waals surface area contributed by atoms with E-state index in [1.807, 2.05) is 13.0 Å². The lowest BCUT2D eigenvalue weighted by Gasteiger charge is -2.36. The summed E-state index contributed by atoms with van der Waals surface area (Å²) in [5, 5.41) is 4.28. The van der Waals surface area contributed by atoms with E-state index in [1.165, 1.54) is 17.1 Å². The highest BCUT2D eigenvalue weighted by Gasteiger charge is 2.30. The van der Waals surface area contributed by atoms with Crippen molar-refractivity contribution >= 4 is 27.5 Å². The van der Waals surface area contributed by atoms with Crippen molar-refractivity contribution in [2.45, 2.75) is 50.0 Å². The van der Waals surface area contributed by atoms with Crippen LogP contribution in [0.15, 0.2) is 41.6 Å². The van der Waals surface area contributed by atoms with Crippen LogP contribution in [-0.2, 0) is 10.0 Å². The summed E-state index contributed by atoms with van der Waals surface area (Å²) < 4.78 is 29.4. The summed E-state index contributed by atoms with van der Waals surface area (Å²) in [6.07, 6.45) is 6.59. The molecule has 0 atom stereocenters. The van der Waals surface area contributed by atoms with Crippen molar-refractivity contribution in [3.63, 3.8) is 0 Å². The Kier molecular flexibility index (Phi) is 6.45. The van der Waals surface area contributed by atoms with Crippen molar-refractivity contribution in [3.05, 3.63) is 47.9 Å². The Morgan fingerprint density at radius 3 is 2.40 bits per heavy atom. The molecule has 1 aliphatic heterocycles. The average molecular weight is 498 g/mol. The van der Waals surface area contributed by atoms with Gasteiger partial charge in [-0.2, -0.15) is 18.9 Å². The second-order valence-electron chi connectivity index (χ2n) is 9.34. The number of hydrogen-bond donors (Lipinski definition) is 0. The highest BCUT2D eigenvalue weighted by Crippen LogP contribution is 2.27. The van der Waals surface area contributed by atoms with E-state index < -0.39 is 10.0 Å². The molecule has 2 aromatic heterocycles. The zero-order chi connectivity index (χ0) is 24.6. The first-order chi connectivity index (χ1) is 16.8. The molecule has 1 aromatic carbocycles. The third-order valence-corrected chi connectivity index (χ3v) is 9.04. The van der Waals surface area contributed by atoms with Crippen molar-refractivity contribution in [2.24, 2.45) is 0 Å². The first-order valence-electron chi connectivity index (χ1n) is 12.1. The van der Waals surface area contributed by atoms with Gasteiger partial charge < -0.3 is 9.80 Å². The molecule has 0 unspecified atom stereocenters. The molecule has 0 radical (unpaired) electrons. The number of carbonyl (C=O) groups excluding carboxylic acids is 1. The van der Waals surface area contributed by atoms with Gasteiger partial charge in [-0.1, -0.05) is 19.3 Å². The number of carbonyl (C=O) groups is 1. The number of aromatic nitrogens is 4. The van der Waals surface area contributed by atoms with Crippen LogP contribution in [-0.4, -0.2) is 82.4 Å². The molecular weight excluding hydrogens is 466 g/mol. The number of piperazine rings is 1. The molecule has 2 fully saturated rings. The van der Waals surface area contributed by atoms with Gasteiger partial charge in [0.25, 0.3) is 11.7 Å². The summed E-state index contributed by atoms with van der Waals surface area (Å²) in [5.41, 5.74) is 1.36. The van der Waals surface area contributed by atoms with Crippen LogP contribution in [0.4, 0.5) is 5.82 Å². The van der Waals surface area contributed by atoms with Crippen molar-refractivity contribution < 1.29 is 13.2 Å². The van der Waals surface area contributed by atoms with Crippen LogP contribution in [0.3, 0.4) is 0 Å². The minimum Gasteiger partial charge on any atom is -0.353 e. The quantitative estimate of drug-likeness (QED) is 0.533. The third-order valence-electron chi connectivity index (χ3n) is 7.12. The van der Waals surface area contributed by atoms with Gasteiger partial charge in [-0.15, -0.1) is 0 Å². The lowest BCUT2D eigenvalue weighted by atomic mass is 9.96. The number of sulfonamides is 1. The molecule has 35 heavy (non-hydrogen) atoms. The van der Waals surface area contributed by atoms with Crippen LogP contribution in [0.5, 0.6) is 0 Å². The number of fused-ring (bicyclic) bond motifs is 1. The topological polar surface area (TPSA) is 104 Å². The standard InChI is InChI=1S/C24H31N7O3S/c1-18-16-22(31-24(27-18)25-17-26-31)29-12-14-30(15-13-29)23(32)19-8-10-21(11-9-19)35(33,34)28(2)20-6-4-3-5-7-20/h8-11,16-17,20H,3-7,12-15H2,1-2H3. The number of aryl methyl sites for hydroxylation is 1. The predicted molar refractivity (Wildman–Crippen MR) is 132 cm³/mol. The smallest absolute Gasteiger partial charge is 0.254 e. The number of amides is 1. The molecule has 1 amide bonds. The summed E-state index contributed by atoms with van der Waals surface area (Å²) in [6.45, 7) is 4.35. The maximum Gasteiger partial charge on any atom is 0.254 e. The zero-order valence-electron chi connectivity index (χ0n) is 20.2. The lowest BCUT2D eigenvalue weighted by molar-refractivity contribution is 0.0746. The van der Waals surface area contributed by atoms with Crippen molar-refractivity contribution in [3.8, 4) is 0 Å². The SMILES string of the molecule is Cc1cc(N2CCN(C(=O)c3ccc(S(=O)(=O)N(C)C4CCCCC4)cc3)CC2)n2ncnc2n1. The van der Waals surface area contributed by atoms with Gasteiger partial charge in [-0.3, -0.25) is 4.79 Å². The van der Waals surface area contributed by atoms with Gasteiger partial charge in [0.1, 0.15) is 12.1 Å². The Morgan fingerprint density at radius 2 is 1.71 bits per heavy atom. The van der Waals surface area contributed by atoms with Crippen LogP contribution in [0, 0.1) is 6.92 Å². The second-order valence-corrected chi connectivity index (χ2v) is 11.3. The molecule has 2 aliphatic rings. The van der Waals surface area contributed by atoms with Crippen LogP contribution >= 0.6 is 0 Å². The van der Waals surface area contributed by atoms with Gasteiger partial charge in [-0.25, -0.2) is 13.4 Å². The maximum atomic E-state index is 13.1. The minimum atomic E-state index is -3.58. The Hall–Kier alpha value is -3.05. The lowest BCUT2D eigenvalue weighted by Crippen LogP contribution is -2.49. The van der Waals surface area contributed by atoms with E-state index in [-0.39, 0.29) is 16.8 Å². The average Bonchev–Trinajstić information content (AvgIpc) is 3.36. The van der Waals surface area contributed by atoms with Crippen molar-refractivity contribution in [1.82, 2.24) is 28.8 Å². The Balaban J connectivity index is 1.24. The predicted octanol–water partition coefficient (Wildman–Crippen LogP) is 2.35. The van der Waals surface area contributed by atoms with Gasteiger partial charge in [0.2, 0.25) is 10.0 Å². The van der Waals surface area contributed by atoms with E-state index >= 15 is 0 Å². The van der Waals surface area contributed by atoms with Gasteiger partial charge in [0.15, 0.2) is 0 Å². The molecule has 3 aromatic rings. The van der Waals surface area contributed by atoms with Crippen LogP contribution in [0.2, 0.25) is 0 Å². The first kappa shape index (κ1) is 23.7. The maximum absolute atomic E-state index is 13.1. The number of nitrogens with zero attached hydrogens (tertiary/aromatic N) is 7. The van der Waals surface area contributed by atoms with E-state index in [2.05, 4.69) is 20.0 Å². The molecule has 10 nitrogen and oxygen atoms in total. The van der Waals surface area contributed by atoms with Gasteiger partial charge in [-0.05, 0) is 44.0 Å². The van der Waals surface area contributed by atoms with E-state index in [0.29, 0.717) is 37.5 Å². The van der Waals surface area contributed by atoms with Gasteiger partial charge >= 0.3 is 0 Å². The summed E-state index contributed by atoms with van der Waals surface area (Å²) in [7, 11) is -1.91. The third kappa shape index (κ3) is 4.62. The fourth-order valence-electron chi connectivity index (χ4n) is 5.03. The Morgan fingerprint density at radius 1 is 1.03 bits per heavy atom. The number of benzene rings is 1. The van der Waals surface area contributed by atoms with E-state index in [9.17, 15) is 13.2 Å². The van der Waals surface area contributed by atoms with Gasteiger partial charge in [0.05, 0.1) is 4.90 Å². The van der Waals surface area contributed by atoms with Crippen molar-refractivity contribution in [1.29, 1.82) is 0 Å². The normalized spacial score (nSPS) is 17.9. The van der Waals surface area contributed by atoms with E-state index in [1.54, 1.807) is 40.7 Å². The summed E-state index contributed by atoms with van der Waals surface area (Å²) in [5.74, 6) is 1.38. The summed E-state index contributed by atoms with van der Waals surface area (Å²) in [4.78, 5) is 25.9. The summed E-state index contributed by atoms with van der Waals surface area (Å²) >= 11 is 0. The van der Waals surface area contributed by atoms with Crippen LogP contribution in [0.1, 0.15) is 48.2 Å². The Bertz CT molecular complexity index is 1310. The minimum absolute atomic E-state index is 0.0503. The molecule has 11 heteroatoms. The fraction of sp³-hybridized carbons (Fsp3) is 0.500. The largest absolute Gasteiger partial charge is 0.353 e. The number of hydrogen-bond acceptors (Lipinski definition) is 7. The number of rotatable bonds is 5. The molecule has 0 N–H and O–H groups in total. The zero-order valence-corrected chi connectivity index (χ0v) is 21.0.